The summed E-state index contributed by atoms with van der Waals surface area (Å²) in [6.45, 7) is 0. The van der Waals surface area contributed by atoms with E-state index in [9.17, 15) is 18.4 Å². The van der Waals surface area contributed by atoms with E-state index in [4.69, 9.17) is 11.6 Å². The van der Waals surface area contributed by atoms with Crippen LogP contribution in [0.2, 0.25) is 5.02 Å². The Bertz CT molecular complexity index is 1170. The summed E-state index contributed by atoms with van der Waals surface area (Å²) >= 11 is 9.55. The molecule has 2 amide bonds. The average Bonchev–Trinajstić information content (AvgIpc) is 3.00. The maximum Gasteiger partial charge on any atom is 0.258 e. The highest BCUT2D eigenvalue weighted by Gasteiger charge is 2.34. The Kier molecular flexibility index (Phi) is 5.10. The van der Waals surface area contributed by atoms with E-state index in [1.807, 2.05) is 0 Å². The number of fused-ring (bicyclic) bond motifs is 1. The van der Waals surface area contributed by atoms with Gasteiger partial charge in [0.2, 0.25) is 0 Å². The fourth-order valence-electron chi connectivity index (χ4n) is 3.31. The molecule has 0 radical (unpaired) electrons. The summed E-state index contributed by atoms with van der Waals surface area (Å²) in [4.78, 5) is 25.2. The first-order valence-corrected chi connectivity index (χ1v) is 9.67. The van der Waals surface area contributed by atoms with Crippen molar-refractivity contribution in [1.29, 1.82) is 0 Å². The molecule has 0 saturated heterocycles. The van der Waals surface area contributed by atoms with Gasteiger partial charge in [0, 0.05) is 31.9 Å². The molecule has 8 heteroatoms. The molecule has 4 rings (SSSR count). The maximum absolute atomic E-state index is 14.0. The maximum atomic E-state index is 14.0. The molecule has 0 bridgehead atoms. The Balaban J connectivity index is 1.82. The molecule has 146 valence electrons. The molecule has 0 aliphatic carbocycles. The van der Waals surface area contributed by atoms with Crippen LogP contribution < -0.4 is 10.6 Å². The van der Waals surface area contributed by atoms with Crippen molar-refractivity contribution in [3.05, 3.63) is 98.0 Å². The molecular weight excluding hydrogens is 466 g/mol. The van der Waals surface area contributed by atoms with Crippen LogP contribution in [-0.4, -0.2) is 11.8 Å². The molecule has 3 aromatic rings. The van der Waals surface area contributed by atoms with Gasteiger partial charge < -0.3 is 10.6 Å². The van der Waals surface area contributed by atoms with E-state index >= 15 is 0 Å². The van der Waals surface area contributed by atoms with Crippen LogP contribution in [0.1, 0.15) is 37.9 Å². The number of benzene rings is 3. The SMILES string of the molecule is O=C(Nc1cc(Br)cc2c1C(c1cc(F)ccc1Cl)NC2=O)c1ccccc1F. The van der Waals surface area contributed by atoms with Gasteiger partial charge >= 0.3 is 0 Å². The molecule has 0 aromatic heterocycles. The van der Waals surface area contributed by atoms with Crippen molar-refractivity contribution in [3.8, 4) is 0 Å². The van der Waals surface area contributed by atoms with Crippen molar-refractivity contribution in [2.24, 2.45) is 0 Å². The Morgan fingerprint density at radius 3 is 2.62 bits per heavy atom. The minimum atomic E-state index is -0.773. The van der Waals surface area contributed by atoms with E-state index in [1.54, 1.807) is 18.2 Å². The molecule has 1 unspecified atom stereocenters. The largest absolute Gasteiger partial charge is 0.341 e. The molecule has 4 nitrogen and oxygen atoms in total. The number of hydrogen-bond acceptors (Lipinski definition) is 2. The van der Waals surface area contributed by atoms with Crippen LogP contribution in [0.3, 0.4) is 0 Å². The van der Waals surface area contributed by atoms with Crippen molar-refractivity contribution < 1.29 is 18.4 Å². The minimum absolute atomic E-state index is 0.140. The van der Waals surface area contributed by atoms with E-state index in [2.05, 4.69) is 26.6 Å². The van der Waals surface area contributed by atoms with Crippen molar-refractivity contribution in [3.63, 3.8) is 0 Å². The van der Waals surface area contributed by atoms with Gasteiger partial charge in [0.05, 0.1) is 11.6 Å². The van der Waals surface area contributed by atoms with Crippen molar-refractivity contribution in [2.75, 3.05) is 5.32 Å². The van der Waals surface area contributed by atoms with Gasteiger partial charge in [0.25, 0.3) is 11.8 Å². The molecule has 0 spiro atoms. The highest BCUT2D eigenvalue weighted by molar-refractivity contribution is 9.10. The van der Waals surface area contributed by atoms with Crippen LogP contribution in [0, 0.1) is 11.6 Å². The lowest BCUT2D eigenvalue weighted by Crippen LogP contribution is -2.21. The standard InChI is InChI=1S/C21H12BrClF2N2O2/c22-10-7-14-18(17(8-10)26-20(28)12-3-1-2-4-16(12)25)19(27-21(14)29)13-9-11(24)5-6-15(13)23/h1-9,19H,(H,26,28)(H,27,29). The van der Waals surface area contributed by atoms with E-state index in [1.165, 1.54) is 36.4 Å². The van der Waals surface area contributed by atoms with Crippen LogP contribution in [0.4, 0.5) is 14.5 Å². The minimum Gasteiger partial charge on any atom is -0.341 e. The zero-order valence-corrected chi connectivity index (χ0v) is 16.9. The summed E-state index contributed by atoms with van der Waals surface area (Å²) in [5.41, 5.74) is 1.22. The molecule has 1 heterocycles. The van der Waals surface area contributed by atoms with Crippen LogP contribution >= 0.6 is 27.5 Å². The number of anilines is 1. The highest BCUT2D eigenvalue weighted by atomic mass is 79.9. The second-order valence-electron chi connectivity index (χ2n) is 6.42. The van der Waals surface area contributed by atoms with Crippen LogP contribution in [0.5, 0.6) is 0 Å². The third-order valence-electron chi connectivity index (χ3n) is 4.59. The Morgan fingerprint density at radius 1 is 1.10 bits per heavy atom. The summed E-state index contributed by atoms with van der Waals surface area (Å²) in [6.07, 6.45) is 0. The zero-order valence-electron chi connectivity index (χ0n) is 14.6. The topological polar surface area (TPSA) is 58.2 Å². The van der Waals surface area contributed by atoms with E-state index in [-0.39, 0.29) is 16.3 Å². The lowest BCUT2D eigenvalue weighted by atomic mass is 9.96. The normalized spacial score (nSPS) is 15.0. The fraction of sp³-hybridized carbons (Fsp3) is 0.0476. The van der Waals surface area contributed by atoms with Crippen molar-refractivity contribution in [1.82, 2.24) is 5.32 Å². The second kappa shape index (κ2) is 7.57. The third-order valence-corrected chi connectivity index (χ3v) is 5.39. The Labute approximate surface area is 178 Å². The molecule has 29 heavy (non-hydrogen) atoms. The van der Waals surface area contributed by atoms with Gasteiger partial charge in [-0.2, -0.15) is 0 Å². The molecule has 2 N–H and O–H groups in total. The molecule has 1 aliphatic heterocycles. The summed E-state index contributed by atoms with van der Waals surface area (Å²) in [5.74, 6) is -2.25. The number of carbonyl (C=O) groups is 2. The molecule has 3 aromatic carbocycles. The van der Waals surface area contributed by atoms with Crippen molar-refractivity contribution >= 4 is 45.0 Å². The number of amides is 2. The summed E-state index contributed by atoms with van der Waals surface area (Å²) in [5, 5.41) is 5.68. The summed E-state index contributed by atoms with van der Waals surface area (Å²) in [7, 11) is 0. The van der Waals surface area contributed by atoms with Gasteiger partial charge in [-0.25, -0.2) is 8.78 Å². The zero-order chi connectivity index (χ0) is 20.7. The van der Waals surface area contributed by atoms with Crippen LogP contribution in [-0.2, 0) is 0 Å². The smallest absolute Gasteiger partial charge is 0.258 e. The number of halogens is 4. The van der Waals surface area contributed by atoms with Gasteiger partial charge in [-0.05, 0) is 42.5 Å². The molecule has 1 aliphatic rings. The quantitative estimate of drug-likeness (QED) is 0.526. The molecular formula is C21H12BrClF2N2O2. The highest BCUT2D eigenvalue weighted by Crippen LogP contribution is 2.41. The Hall–Kier alpha value is -2.77. The number of carbonyl (C=O) groups excluding carboxylic acids is 2. The van der Waals surface area contributed by atoms with Crippen LogP contribution in [0.15, 0.2) is 59.1 Å². The van der Waals surface area contributed by atoms with Gasteiger partial charge in [-0.15, -0.1) is 0 Å². The first-order chi connectivity index (χ1) is 13.8. The predicted octanol–water partition coefficient (Wildman–Crippen LogP) is 5.47. The van der Waals surface area contributed by atoms with Crippen LogP contribution in [0.25, 0.3) is 0 Å². The monoisotopic (exact) mass is 476 g/mol. The van der Waals surface area contributed by atoms with Gasteiger partial charge in [0.1, 0.15) is 11.6 Å². The lowest BCUT2D eigenvalue weighted by Gasteiger charge is -2.18. The average molecular weight is 478 g/mol. The first kappa shape index (κ1) is 19.5. The third kappa shape index (κ3) is 3.63. The summed E-state index contributed by atoms with van der Waals surface area (Å²) < 4.78 is 28.4. The predicted molar refractivity (Wildman–Crippen MR) is 109 cm³/mol. The van der Waals surface area contributed by atoms with E-state index in [0.717, 1.165) is 0 Å². The molecule has 0 fully saturated rings. The van der Waals surface area contributed by atoms with Gasteiger partial charge in [-0.1, -0.05) is 39.7 Å². The lowest BCUT2D eigenvalue weighted by molar-refractivity contribution is 0.0959. The number of hydrogen-bond donors (Lipinski definition) is 2. The van der Waals surface area contributed by atoms with Gasteiger partial charge in [0.15, 0.2) is 0 Å². The molecule has 0 saturated carbocycles. The molecule has 1 atom stereocenters. The second-order valence-corrected chi connectivity index (χ2v) is 7.74. The number of nitrogens with one attached hydrogen (secondary N) is 2. The van der Waals surface area contributed by atoms with Crippen molar-refractivity contribution in [2.45, 2.75) is 6.04 Å². The van der Waals surface area contributed by atoms with Gasteiger partial charge in [-0.3, -0.25) is 9.59 Å². The van der Waals surface area contributed by atoms with E-state index < -0.39 is 29.5 Å². The van der Waals surface area contributed by atoms with E-state index in [0.29, 0.717) is 21.2 Å². The Morgan fingerprint density at radius 2 is 1.86 bits per heavy atom. The summed E-state index contributed by atoms with van der Waals surface area (Å²) in [6, 6.07) is 11.8. The number of rotatable bonds is 3. The first-order valence-electron chi connectivity index (χ1n) is 8.50. The fourth-order valence-corrected chi connectivity index (χ4v) is 3.99.